The van der Waals surface area contributed by atoms with Crippen LogP contribution in [0, 0.1) is 6.92 Å². The van der Waals surface area contributed by atoms with E-state index in [1.54, 1.807) is 49.6 Å². The minimum absolute atomic E-state index is 0.210. The molecule has 0 saturated heterocycles. The summed E-state index contributed by atoms with van der Waals surface area (Å²) in [5.41, 5.74) is 1.69. The highest BCUT2D eigenvalue weighted by molar-refractivity contribution is 7.89. The minimum Gasteiger partial charge on any atom is -0.497 e. The van der Waals surface area contributed by atoms with Crippen LogP contribution in [0.4, 0.5) is 0 Å². The van der Waals surface area contributed by atoms with E-state index in [9.17, 15) is 8.42 Å². The van der Waals surface area contributed by atoms with Gasteiger partial charge < -0.3 is 9.47 Å². The molecule has 1 unspecified atom stereocenters. The number of rotatable bonds is 7. The van der Waals surface area contributed by atoms with E-state index in [2.05, 4.69) is 4.72 Å². The van der Waals surface area contributed by atoms with Crippen LogP contribution >= 0.6 is 11.6 Å². The fraction of sp³-hybridized carbons (Fsp3) is 0.368. The largest absolute Gasteiger partial charge is 0.497 e. The minimum atomic E-state index is -3.73. The second-order valence-electron chi connectivity index (χ2n) is 6.51. The van der Waals surface area contributed by atoms with Crippen molar-refractivity contribution in [3.8, 4) is 11.5 Å². The average Bonchev–Trinajstić information content (AvgIpc) is 3.38. The first kappa shape index (κ1) is 19.0. The summed E-state index contributed by atoms with van der Waals surface area (Å²) in [6.07, 6.45) is 1.45. The Labute approximate surface area is 159 Å². The molecule has 1 atom stereocenters. The van der Waals surface area contributed by atoms with Crippen molar-refractivity contribution in [2.45, 2.75) is 35.6 Å². The molecule has 0 radical (unpaired) electrons. The van der Waals surface area contributed by atoms with Crippen molar-refractivity contribution in [2.24, 2.45) is 0 Å². The lowest BCUT2D eigenvalue weighted by Crippen LogP contribution is -2.35. The van der Waals surface area contributed by atoms with Crippen LogP contribution in [0.1, 0.15) is 30.0 Å². The van der Waals surface area contributed by atoms with Crippen molar-refractivity contribution in [2.75, 3.05) is 14.2 Å². The number of hydrogen-bond donors (Lipinski definition) is 1. The number of hydrogen-bond acceptors (Lipinski definition) is 4. The summed E-state index contributed by atoms with van der Waals surface area (Å²) in [6.45, 7) is 1.91. The highest BCUT2D eigenvalue weighted by Crippen LogP contribution is 2.54. The van der Waals surface area contributed by atoms with E-state index >= 15 is 0 Å². The monoisotopic (exact) mass is 395 g/mol. The molecule has 0 bridgehead atoms. The van der Waals surface area contributed by atoms with E-state index in [0.29, 0.717) is 17.1 Å². The third kappa shape index (κ3) is 3.82. The summed E-state index contributed by atoms with van der Waals surface area (Å²) < 4.78 is 39.2. The van der Waals surface area contributed by atoms with Gasteiger partial charge in [-0.3, -0.25) is 0 Å². The summed E-state index contributed by atoms with van der Waals surface area (Å²) in [6, 6.07) is 11.4. The highest BCUT2D eigenvalue weighted by Gasteiger charge is 2.51. The quantitative estimate of drug-likeness (QED) is 0.724. The molecule has 1 fully saturated rings. The molecule has 1 aliphatic carbocycles. The molecule has 1 aliphatic rings. The van der Waals surface area contributed by atoms with Gasteiger partial charge in [0.2, 0.25) is 10.0 Å². The molecule has 5 nitrogen and oxygen atoms in total. The summed E-state index contributed by atoms with van der Waals surface area (Å²) in [7, 11) is -0.625. The Morgan fingerprint density at radius 1 is 1.08 bits per heavy atom. The molecule has 1 N–H and O–H groups in total. The zero-order chi connectivity index (χ0) is 18.9. The molecule has 0 aromatic heterocycles. The van der Waals surface area contributed by atoms with Crippen LogP contribution < -0.4 is 14.2 Å². The number of halogens is 1. The van der Waals surface area contributed by atoms with Gasteiger partial charge in [-0.1, -0.05) is 17.7 Å². The number of benzene rings is 2. The van der Waals surface area contributed by atoms with Gasteiger partial charge in [0.25, 0.3) is 0 Å². The Kier molecular flexibility index (Phi) is 5.19. The van der Waals surface area contributed by atoms with Gasteiger partial charge in [-0.15, -0.1) is 11.6 Å². The summed E-state index contributed by atoms with van der Waals surface area (Å²) >= 11 is 6.65. The van der Waals surface area contributed by atoms with Crippen LogP contribution in [0.2, 0.25) is 0 Å². The van der Waals surface area contributed by atoms with Crippen molar-refractivity contribution in [3.63, 3.8) is 0 Å². The first-order chi connectivity index (χ1) is 12.3. The van der Waals surface area contributed by atoms with Crippen LogP contribution in [0.15, 0.2) is 47.4 Å². The van der Waals surface area contributed by atoms with Gasteiger partial charge in [0.05, 0.1) is 30.0 Å². The van der Waals surface area contributed by atoms with Crippen molar-refractivity contribution in [1.82, 2.24) is 4.72 Å². The maximum atomic E-state index is 12.9. The van der Waals surface area contributed by atoms with Crippen molar-refractivity contribution >= 4 is 21.6 Å². The average molecular weight is 396 g/mol. The molecule has 0 aliphatic heterocycles. The predicted molar refractivity (Wildman–Crippen MR) is 102 cm³/mol. The zero-order valence-corrected chi connectivity index (χ0v) is 16.5. The van der Waals surface area contributed by atoms with E-state index in [-0.39, 0.29) is 4.90 Å². The Bertz CT molecular complexity index is 892. The Morgan fingerprint density at radius 3 is 2.27 bits per heavy atom. The van der Waals surface area contributed by atoms with Crippen LogP contribution in [0.25, 0.3) is 0 Å². The molecule has 0 spiro atoms. The lowest BCUT2D eigenvalue weighted by Gasteiger charge is -2.25. The van der Waals surface area contributed by atoms with Gasteiger partial charge in [-0.05, 0) is 44.0 Å². The SMILES string of the molecule is COc1ccc(C(NS(=O)(=O)c2ccc(C)cc2)C2(Cl)CC2)c(OC)c1. The third-order valence-electron chi connectivity index (χ3n) is 4.60. The first-order valence-corrected chi connectivity index (χ1v) is 10.1. The first-order valence-electron chi connectivity index (χ1n) is 8.29. The third-order valence-corrected chi connectivity index (χ3v) is 6.64. The predicted octanol–water partition coefficient (Wildman–Crippen LogP) is 3.80. The second-order valence-corrected chi connectivity index (χ2v) is 8.98. The molecule has 0 heterocycles. The number of sulfonamides is 1. The molecule has 26 heavy (non-hydrogen) atoms. The maximum absolute atomic E-state index is 12.9. The maximum Gasteiger partial charge on any atom is 0.241 e. The van der Waals surface area contributed by atoms with E-state index in [4.69, 9.17) is 21.1 Å². The molecular formula is C19H22ClNO4S. The molecule has 2 aromatic rings. The molecular weight excluding hydrogens is 374 g/mol. The lowest BCUT2D eigenvalue weighted by atomic mass is 10.0. The number of nitrogens with one attached hydrogen (secondary N) is 1. The van der Waals surface area contributed by atoms with E-state index < -0.39 is 20.9 Å². The summed E-state index contributed by atoms with van der Waals surface area (Å²) in [5, 5.41) is 0. The smallest absolute Gasteiger partial charge is 0.241 e. The van der Waals surface area contributed by atoms with Crippen molar-refractivity contribution in [1.29, 1.82) is 0 Å². The van der Waals surface area contributed by atoms with Crippen LogP contribution in [0.3, 0.4) is 0 Å². The number of aryl methyl sites for hydroxylation is 1. The molecule has 140 valence electrons. The van der Waals surface area contributed by atoms with Gasteiger partial charge in [0.1, 0.15) is 11.5 Å². The number of ether oxygens (including phenoxy) is 2. The second kappa shape index (κ2) is 7.10. The summed E-state index contributed by atoms with van der Waals surface area (Å²) in [5.74, 6) is 1.16. The Hall–Kier alpha value is -1.76. The van der Waals surface area contributed by atoms with Crippen LogP contribution in [-0.4, -0.2) is 27.5 Å². The fourth-order valence-corrected chi connectivity index (χ4v) is 4.48. The van der Waals surface area contributed by atoms with Gasteiger partial charge in [-0.2, -0.15) is 0 Å². The summed E-state index contributed by atoms with van der Waals surface area (Å²) in [4.78, 5) is -0.443. The Balaban J connectivity index is 1.99. The van der Waals surface area contributed by atoms with Crippen molar-refractivity contribution < 1.29 is 17.9 Å². The Morgan fingerprint density at radius 2 is 1.73 bits per heavy atom. The molecule has 2 aromatic carbocycles. The van der Waals surface area contributed by atoms with Crippen molar-refractivity contribution in [3.05, 3.63) is 53.6 Å². The van der Waals surface area contributed by atoms with Gasteiger partial charge in [0, 0.05) is 11.6 Å². The normalized spacial score (nSPS) is 16.8. The van der Waals surface area contributed by atoms with Crippen LogP contribution in [-0.2, 0) is 10.0 Å². The molecule has 3 rings (SSSR count). The number of methoxy groups -OCH3 is 2. The highest BCUT2D eigenvalue weighted by atomic mass is 35.5. The zero-order valence-electron chi connectivity index (χ0n) is 15.0. The molecule has 0 amide bonds. The van der Waals surface area contributed by atoms with Gasteiger partial charge in [-0.25, -0.2) is 13.1 Å². The van der Waals surface area contributed by atoms with Crippen LogP contribution in [0.5, 0.6) is 11.5 Å². The van der Waals surface area contributed by atoms with E-state index in [1.807, 2.05) is 6.92 Å². The van der Waals surface area contributed by atoms with E-state index in [0.717, 1.165) is 18.4 Å². The van der Waals surface area contributed by atoms with Gasteiger partial charge >= 0.3 is 0 Å². The lowest BCUT2D eigenvalue weighted by molar-refractivity contribution is 0.385. The molecule has 1 saturated carbocycles. The molecule has 7 heteroatoms. The topological polar surface area (TPSA) is 64.6 Å². The standard InChI is InChI=1S/C19H22ClNO4S/c1-13-4-7-15(8-5-13)26(22,23)21-18(19(20)10-11-19)16-9-6-14(24-2)12-17(16)25-3/h4-9,12,18,21H,10-11H2,1-3H3. The van der Waals surface area contributed by atoms with E-state index in [1.165, 1.54) is 7.11 Å². The number of alkyl halides is 1. The fourth-order valence-electron chi connectivity index (χ4n) is 2.85. The van der Waals surface area contributed by atoms with Gasteiger partial charge in [0.15, 0.2) is 0 Å².